The largest absolute Gasteiger partial charge is 0.385 e. The van der Waals surface area contributed by atoms with Crippen LogP contribution in [0.5, 0.6) is 0 Å². The topological polar surface area (TPSA) is 66.6 Å². The number of hydrogen-bond donors (Lipinski definition) is 1. The summed E-state index contributed by atoms with van der Waals surface area (Å²) in [6, 6.07) is 11.9. The van der Waals surface area contributed by atoms with Crippen molar-refractivity contribution in [2.75, 3.05) is 18.0 Å². The van der Waals surface area contributed by atoms with E-state index in [1.54, 1.807) is 18.2 Å². The van der Waals surface area contributed by atoms with Crippen LogP contribution in [0.4, 0.5) is 11.4 Å². The molecule has 3 rings (SSSR count). The second-order valence-corrected chi connectivity index (χ2v) is 6.73. The standard InChI is InChI=1S/C17H16Cl2N2O3/c18-12-5-6-15(16(11-12)21(23)24)20-9-7-17(22,8-10-20)13-3-1-2-4-14(13)19/h1-6,11,22H,7-10H2. The van der Waals surface area contributed by atoms with Crippen molar-refractivity contribution in [3.05, 3.63) is 68.2 Å². The van der Waals surface area contributed by atoms with E-state index in [2.05, 4.69) is 0 Å². The van der Waals surface area contributed by atoms with Crippen LogP contribution in [0.15, 0.2) is 42.5 Å². The molecule has 24 heavy (non-hydrogen) atoms. The van der Waals surface area contributed by atoms with Crippen LogP contribution in [0.1, 0.15) is 18.4 Å². The van der Waals surface area contributed by atoms with Gasteiger partial charge in [0.2, 0.25) is 0 Å². The lowest BCUT2D eigenvalue weighted by Gasteiger charge is -2.39. The smallest absolute Gasteiger partial charge is 0.294 e. The van der Waals surface area contributed by atoms with E-state index in [1.165, 1.54) is 6.07 Å². The third-order valence-corrected chi connectivity index (χ3v) is 5.01. The second kappa shape index (κ2) is 6.59. The number of nitro benzene ring substituents is 1. The van der Waals surface area contributed by atoms with E-state index < -0.39 is 10.5 Å². The van der Waals surface area contributed by atoms with Crippen molar-refractivity contribution in [3.63, 3.8) is 0 Å². The normalized spacial score (nSPS) is 16.9. The molecule has 126 valence electrons. The number of aliphatic hydroxyl groups is 1. The molecule has 0 aromatic heterocycles. The van der Waals surface area contributed by atoms with Crippen LogP contribution in [0.2, 0.25) is 10.0 Å². The lowest BCUT2D eigenvalue weighted by Crippen LogP contribution is -2.43. The van der Waals surface area contributed by atoms with Gasteiger partial charge in [0.15, 0.2) is 0 Å². The Morgan fingerprint density at radius 1 is 1.12 bits per heavy atom. The van der Waals surface area contributed by atoms with Gasteiger partial charge in [-0.05, 0) is 31.0 Å². The van der Waals surface area contributed by atoms with Gasteiger partial charge in [0.25, 0.3) is 5.69 Å². The van der Waals surface area contributed by atoms with E-state index >= 15 is 0 Å². The number of nitrogens with zero attached hydrogens (tertiary/aromatic N) is 2. The molecule has 2 aromatic rings. The highest BCUT2D eigenvalue weighted by Crippen LogP contribution is 2.40. The first-order chi connectivity index (χ1) is 11.4. The highest BCUT2D eigenvalue weighted by atomic mass is 35.5. The molecule has 1 aliphatic rings. The van der Waals surface area contributed by atoms with Crippen LogP contribution in [-0.2, 0) is 5.60 Å². The monoisotopic (exact) mass is 366 g/mol. The van der Waals surface area contributed by atoms with Crippen molar-refractivity contribution < 1.29 is 10.0 Å². The molecule has 1 aliphatic heterocycles. The van der Waals surface area contributed by atoms with Crippen molar-refractivity contribution in [1.82, 2.24) is 0 Å². The highest BCUT2D eigenvalue weighted by molar-refractivity contribution is 6.31. The Bertz CT molecular complexity index is 774. The SMILES string of the molecule is O=[N+]([O-])c1cc(Cl)ccc1N1CCC(O)(c2ccccc2Cl)CC1. The Hall–Kier alpha value is -1.82. The van der Waals surface area contributed by atoms with Crippen molar-refractivity contribution in [3.8, 4) is 0 Å². The lowest BCUT2D eigenvalue weighted by atomic mass is 9.84. The van der Waals surface area contributed by atoms with Crippen molar-refractivity contribution in [2.24, 2.45) is 0 Å². The number of hydrogen-bond acceptors (Lipinski definition) is 4. The number of nitro groups is 1. The van der Waals surface area contributed by atoms with Crippen LogP contribution < -0.4 is 4.90 Å². The average Bonchev–Trinajstić information content (AvgIpc) is 2.56. The predicted molar refractivity (Wildman–Crippen MR) is 94.9 cm³/mol. The second-order valence-electron chi connectivity index (χ2n) is 5.89. The van der Waals surface area contributed by atoms with Crippen LogP contribution >= 0.6 is 23.2 Å². The van der Waals surface area contributed by atoms with Crippen LogP contribution in [0.25, 0.3) is 0 Å². The molecule has 0 amide bonds. The Kier molecular flexibility index (Phi) is 4.67. The number of anilines is 1. The van der Waals surface area contributed by atoms with Gasteiger partial charge in [0.05, 0.1) is 10.5 Å². The molecular formula is C17H16Cl2N2O3. The van der Waals surface area contributed by atoms with Crippen molar-refractivity contribution in [1.29, 1.82) is 0 Å². The zero-order valence-electron chi connectivity index (χ0n) is 12.8. The fraction of sp³-hybridized carbons (Fsp3) is 0.294. The number of halogens is 2. The number of benzene rings is 2. The Balaban J connectivity index is 1.83. The van der Waals surface area contributed by atoms with E-state index in [0.29, 0.717) is 47.2 Å². The van der Waals surface area contributed by atoms with Crippen LogP contribution in [0.3, 0.4) is 0 Å². The molecule has 1 heterocycles. The molecule has 7 heteroatoms. The fourth-order valence-corrected chi connectivity index (χ4v) is 3.61. The maximum absolute atomic E-state index is 11.3. The molecule has 1 fully saturated rings. The van der Waals surface area contributed by atoms with Crippen molar-refractivity contribution >= 4 is 34.6 Å². The Morgan fingerprint density at radius 2 is 1.79 bits per heavy atom. The summed E-state index contributed by atoms with van der Waals surface area (Å²) in [6.45, 7) is 0.981. The number of rotatable bonds is 3. The summed E-state index contributed by atoms with van der Waals surface area (Å²) in [5.74, 6) is 0. The maximum atomic E-state index is 11.3. The molecule has 0 unspecified atom stereocenters. The third kappa shape index (κ3) is 3.20. The van der Waals surface area contributed by atoms with E-state index in [-0.39, 0.29) is 5.69 Å². The van der Waals surface area contributed by atoms with Gasteiger partial charge in [0.1, 0.15) is 5.69 Å². The molecule has 5 nitrogen and oxygen atoms in total. The summed E-state index contributed by atoms with van der Waals surface area (Å²) in [5.41, 5.74) is 0.184. The molecule has 0 spiro atoms. The highest BCUT2D eigenvalue weighted by Gasteiger charge is 2.36. The van der Waals surface area contributed by atoms with Gasteiger partial charge in [0, 0.05) is 34.8 Å². The zero-order chi connectivity index (χ0) is 17.3. The molecular weight excluding hydrogens is 351 g/mol. The van der Waals surface area contributed by atoms with Crippen molar-refractivity contribution in [2.45, 2.75) is 18.4 Å². The summed E-state index contributed by atoms with van der Waals surface area (Å²) in [6.07, 6.45) is 0.882. The quantitative estimate of drug-likeness (QED) is 0.646. The summed E-state index contributed by atoms with van der Waals surface area (Å²) < 4.78 is 0. The Labute approximate surface area is 149 Å². The summed E-state index contributed by atoms with van der Waals surface area (Å²) in [7, 11) is 0. The average molecular weight is 367 g/mol. The molecule has 1 saturated heterocycles. The van der Waals surface area contributed by atoms with E-state index in [9.17, 15) is 15.2 Å². The van der Waals surface area contributed by atoms with Crippen LogP contribution in [0, 0.1) is 10.1 Å². The van der Waals surface area contributed by atoms with Gasteiger partial charge in [-0.2, -0.15) is 0 Å². The zero-order valence-corrected chi connectivity index (χ0v) is 14.3. The Morgan fingerprint density at radius 3 is 2.42 bits per heavy atom. The van der Waals surface area contributed by atoms with Gasteiger partial charge in [-0.3, -0.25) is 10.1 Å². The lowest BCUT2D eigenvalue weighted by molar-refractivity contribution is -0.384. The molecule has 0 radical (unpaired) electrons. The molecule has 0 aliphatic carbocycles. The van der Waals surface area contributed by atoms with Gasteiger partial charge in [-0.15, -0.1) is 0 Å². The summed E-state index contributed by atoms with van der Waals surface area (Å²) in [4.78, 5) is 12.7. The van der Waals surface area contributed by atoms with E-state index in [1.807, 2.05) is 23.1 Å². The van der Waals surface area contributed by atoms with Gasteiger partial charge in [-0.1, -0.05) is 41.4 Å². The molecule has 2 aromatic carbocycles. The molecule has 0 saturated carbocycles. The molecule has 0 bridgehead atoms. The number of piperidine rings is 1. The third-order valence-electron chi connectivity index (χ3n) is 4.44. The van der Waals surface area contributed by atoms with Gasteiger partial charge >= 0.3 is 0 Å². The fourth-order valence-electron chi connectivity index (χ4n) is 3.14. The van der Waals surface area contributed by atoms with Gasteiger partial charge < -0.3 is 10.0 Å². The first-order valence-electron chi connectivity index (χ1n) is 7.57. The first kappa shape index (κ1) is 17.0. The van der Waals surface area contributed by atoms with E-state index in [0.717, 1.165) is 0 Å². The minimum absolute atomic E-state index is 0.0225. The predicted octanol–water partition coefficient (Wildman–Crippen LogP) is 4.39. The van der Waals surface area contributed by atoms with Crippen LogP contribution in [-0.4, -0.2) is 23.1 Å². The summed E-state index contributed by atoms with van der Waals surface area (Å²) in [5, 5.41) is 23.1. The minimum Gasteiger partial charge on any atom is -0.385 e. The summed E-state index contributed by atoms with van der Waals surface area (Å²) >= 11 is 12.1. The van der Waals surface area contributed by atoms with E-state index in [4.69, 9.17) is 23.2 Å². The minimum atomic E-state index is -1.02. The van der Waals surface area contributed by atoms with Gasteiger partial charge in [-0.25, -0.2) is 0 Å². The maximum Gasteiger partial charge on any atom is 0.294 e. The molecule has 1 N–H and O–H groups in total. The first-order valence-corrected chi connectivity index (χ1v) is 8.32. The molecule has 0 atom stereocenters.